The Morgan fingerprint density at radius 3 is 2.65 bits per heavy atom. The summed E-state index contributed by atoms with van der Waals surface area (Å²) in [7, 11) is 0. The minimum Gasteiger partial charge on any atom is -0.0996 e. The van der Waals surface area contributed by atoms with Gasteiger partial charge in [0.15, 0.2) is 0 Å². The van der Waals surface area contributed by atoms with Gasteiger partial charge in [0.2, 0.25) is 0 Å². The van der Waals surface area contributed by atoms with Crippen molar-refractivity contribution in [2.75, 3.05) is 0 Å². The van der Waals surface area contributed by atoms with Crippen molar-refractivity contribution in [3.05, 3.63) is 17.0 Å². The number of fused-ring (bicyclic) bond motifs is 1. The predicted octanol–water partition coefficient (Wildman–Crippen LogP) is 4.75. The van der Waals surface area contributed by atoms with Crippen molar-refractivity contribution >= 4 is 0 Å². The van der Waals surface area contributed by atoms with Crippen molar-refractivity contribution in [3.63, 3.8) is 0 Å². The Balaban J connectivity index is 2.32. The molecular formula is C16H26N+. The molecule has 0 aromatic carbocycles. The van der Waals surface area contributed by atoms with E-state index in [0.717, 1.165) is 5.92 Å². The van der Waals surface area contributed by atoms with Crippen LogP contribution < -0.4 is 0 Å². The highest BCUT2D eigenvalue weighted by molar-refractivity contribution is 5.14. The average molecular weight is 232 g/mol. The van der Waals surface area contributed by atoms with Gasteiger partial charge in [0.25, 0.3) is 12.6 Å². The largest absolute Gasteiger partial charge is 0.282 e. The first-order chi connectivity index (χ1) is 7.99. The Labute approximate surface area is 106 Å². The molecule has 0 spiro atoms. The van der Waals surface area contributed by atoms with Crippen molar-refractivity contribution in [1.82, 2.24) is 0 Å². The summed E-state index contributed by atoms with van der Waals surface area (Å²) in [6.45, 7) is 16.9. The summed E-state index contributed by atoms with van der Waals surface area (Å²) < 4.78 is 0. The first kappa shape index (κ1) is 12.7. The lowest BCUT2D eigenvalue weighted by molar-refractivity contribution is 0.00159. The van der Waals surface area contributed by atoms with Crippen molar-refractivity contribution in [2.45, 2.75) is 58.9 Å². The molecule has 17 heavy (non-hydrogen) atoms. The first-order valence-corrected chi connectivity index (χ1v) is 7.05. The van der Waals surface area contributed by atoms with E-state index < -0.39 is 0 Å². The molecule has 0 N–H and O–H groups in total. The van der Waals surface area contributed by atoms with Crippen LogP contribution in [0, 0.1) is 29.7 Å². The second-order valence-electron chi connectivity index (χ2n) is 6.68. The Morgan fingerprint density at radius 1 is 1.35 bits per heavy atom. The van der Waals surface area contributed by atoms with Gasteiger partial charge in [-0.15, -0.1) is 0 Å². The molecule has 0 aromatic heterocycles. The quantitative estimate of drug-likeness (QED) is 0.575. The van der Waals surface area contributed by atoms with Crippen LogP contribution in [0.4, 0.5) is 0 Å². The molecule has 1 heteroatoms. The van der Waals surface area contributed by atoms with Crippen molar-refractivity contribution in [1.29, 1.82) is 0 Å². The van der Waals surface area contributed by atoms with Gasteiger partial charge in [-0.3, -0.25) is 0 Å². The third kappa shape index (κ3) is 2.03. The summed E-state index contributed by atoms with van der Waals surface area (Å²) in [5.41, 5.74) is 1.74. The van der Waals surface area contributed by atoms with Crippen molar-refractivity contribution in [2.24, 2.45) is 23.2 Å². The van der Waals surface area contributed by atoms with E-state index in [0.29, 0.717) is 23.3 Å². The van der Waals surface area contributed by atoms with Crippen molar-refractivity contribution < 1.29 is 0 Å². The van der Waals surface area contributed by atoms with Gasteiger partial charge in [-0.1, -0.05) is 43.7 Å². The molecule has 0 aliphatic heterocycles. The maximum Gasteiger partial charge on any atom is 0.282 e. The molecule has 0 amide bonds. The first-order valence-electron chi connectivity index (χ1n) is 7.05. The van der Waals surface area contributed by atoms with Gasteiger partial charge in [-0.05, 0) is 37.5 Å². The normalized spacial score (nSPS) is 45.8. The Morgan fingerprint density at radius 2 is 2.06 bits per heavy atom. The summed E-state index contributed by atoms with van der Waals surface area (Å²) in [6.07, 6.45) is 6.63. The van der Waals surface area contributed by atoms with E-state index in [1.54, 1.807) is 0 Å². The van der Waals surface area contributed by atoms with Crippen LogP contribution in [0.3, 0.4) is 0 Å². The minimum absolute atomic E-state index is 0.307. The number of hydrogen-bond acceptors (Lipinski definition) is 0. The SMILES string of the molecule is C#[N+]C1C(C(=C)C)CCC2(C)CCCC(C)C12. The zero-order chi connectivity index (χ0) is 12.6. The third-order valence-electron chi connectivity index (χ3n) is 5.44. The second kappa shape index (κ2) is 4.48. The van der Waals surface area contributed by atoms with Crippen LogP contribution in [0.2, 0.25) is 0 Å². The standard InChI is InChI=1S/C16H26N/c1-11(2)13-8-10-16(4)9-6-7-12(3)14(16)15(13)17-5/h5,12-15H,1,6-10H2,2-4H3/q+1. The van der Waals surface area contributed by atoms with Crippen molar-refractivity contribution in [3.8, 4) is 6.57 Å². The Kier molecular flexibility index (Phi) is 3.34. The minimum atomic E-state index is 0.307. The fraction of sp³-hybridized carbons (Fsp3) is 0.812. The highest BCUT2D eigenvalue weighted by atomic mass is 14.8. The maximum absolute atomic E-state index is 5.74. The smallest absolute Gasteiger partial charge is 0.0996 e. The highest BCUT2D eigenvalue weighted by Crippen LogP contribution is 2.55. The molecule has 2 saturated carbocycles. The lowest BCUT2D eigenvalue weighted by Crippen LogP contribution is -2.49. The molecule has 1 nitrogen and oxygen atoms in total. The monoisotopic (exact) mass is 232 g/mol. The summed E-state index contributed by atoms with van der Waals surface area (Å²) in [5.74, 6) is 1.93. The molecule has 5 unspecified atom stereocenters. The van der Waals surface area contributed by atoms with Crippen LogP contribution in [0.1, 0.15) is 52.9 Å². The number of hydrogen-bond donors (Lipinski definition) is 0. The third-order valence-corrected chi connectivity index (χ3v) is 5.44. The highest BCUT2D eigenvalue weighted by Gasteiger charge is 2.55. The molecule has 0 radical (unpaired) electrons. The molecule has 5 atom stereocenters. The maximum atomic E-state index is 5.74. The topological polar surface area (TPSA) is 4.36 Å². The molecule has 2 aliphatic rings. The van der Waals surface area contributed by atoms with Crippen LogP contribution in [-0.2, 0) is 0 Å². The summed E-state index contributed by atoms with van der Waals surface area (Å²) in [5, 5.41) is 0. The fourth-order valence-electron chi connectivity index (χ4n) is 4.54. The van der Waals surface area contributed by atoms with Crippen LogP contribution in [0.25, 0.3) is 4.85 Å². The van der Waals surface area contributed by atoms with E-state index in [-0.39, 0.29) is 0 Å². The van der Waals surface area contributed by atoms with Crippen LogP contribution >= 0.6 is 0 Å². The zero-order valence-corrected chi connectivity index (χ0v) is 11.6. The molecule has 2 rings (SSSR count). The van der Waals surface area contributed by atoms with Gasteiger partial charge in [0.05, 0.1) is 5.92 Å². The fourth-order valence-corrected chi connectivity index (χ4v) is 4.54. The van der Waals surface area contributed by atoms with Crippen LogP contribution in [0.15, 0.2) is 12.2 Å². The van der Waals surface area contributed by atoms with Gasteiger partial charge < -0.3 is 0 Å². The van der Waals surface area contributed by atoms with E-state index >= 15 is 0 Å². The molecule has 0 bridgehead atoms. The van der Waals surface area contributed by atoms with Gasteiger partial charge in [0, 0.05) is 5.92 Å². The summed E-state index contributed by atoms with van der Waals surface area (Å²) in [6, 6.07) is 0.307. The average Bonchev–Trinajstić information content (AvgIpc) is 2.26. The number of rotatable bonds is 1. The van der Waals surface area contributed by atoms with Crippen LogP contribution in [0.5, 0.6) is 0 Å². The molecular weight excluding hydrogens is 206 g/mol. The van der Waals surface area contributed by atoms with E-state index in [2.05, 4.69) is 32.2 Å². The molecule has 94 valence electrons. The second-order valence-corrected chi connectivity index (χ2v) is 6.68. The van der Waals surface area contributed by atoms with Crippen LogP contribution in [-0.4, -0.2) is 6.04 Å². The van der Waals surface area contributed by atoms with E-state index in [1.807, 2.05) is 0 Å². The molecule has 2 fully saturated rings. The van der Waals surface area contributed by atoms with E-state index in [4.69, 9.17) is 6.57 Å². The van der Waals surface area contributed by atoms with Gasteiger partial charge >= 0.3 is 0 Å². The molecule has 2 aliphatic carbocycles. The zero-order valence-electron chi connectivity index (χ0n) is 11.6. The number of nitrogens with zero attached hydrogens (tertiary/aromatic N) is 1. The molecule has 0 aromatic rings. The molecule has 0 heterocycles. The molecule has 0 saturated heterocycles. The predicted molar refractivity (Wildman–Crippen MR) is 74.2 cm³/mol. The van der Waals surface area contributed by atoms with E-state index in [1.165, 1.54) is 37.7 Å². The Hall–Kier alpha value is -0.770. The van der Waals surface area contributed by atoms with Gasteiger partial charge in [-0.25, -0.2) is 0 Å². The lowest BCUT2D eigenvalue weighted by Gasteiger charge is -2.49. The van der Waals surface area contributed by atoms with E-state index in [9.17, 15) is 0 Å². The lowest BCUT2D eigenvalue weighted by atomic mass is 9.53. The van der Waals surface area contributed by atoms with Gasteiger partial charge in [-0.2, -0.15) is 0 Å². The van der Waals surface area contributed by atoms with Gasteiger partial charge in [0.1, 0.15) is 0 Å². The summed E-state index contributed by atoms with van der Waals surface area (Å²) in [4.78, 5) is 4.27. The summed E-state index contributed by atoms with van der Waals surface area (Å²) >= 11 is 0. The Bertz CT molecular complexity index is 351.